The number of hydrogen-bond donors (Lipinski definition) is 2. The summed E-state index contributed by atoms with van der Waals surface area (Å²) in [5.41, 5.74) is 0.758. The molecule has 3 unspecified atom stereocenters. The van der Waals surface area contributed by atoms with E-state index in [0.29, 0.717) is 23.3 Å². The van der Waals surface area contributed by atoms with Crippen molar-refractivity contribution >= 4 is 24.0 Å². The molecule has 0 radical (unpaired) electrons. The summed E-state index contributed by atoms with van der Waals surface area (Å²) in [6.45, 7) is 0. The number of benzene rings is 1. The summed E-state index contributed by atoms with van der Waals surface area (Å²) in [4.78, 5) is 16.3. The van der Waals surface area contributed by atoms with Gasteiger partial charge in [-0.1, -0.05) is 12.8 Å². The molecule has 4 rings (SSSR count). The van der Waals surface area contributed by atoms with Crippen LogP contribution in [-0.2, 0) is 4.79 Å². The zero-order valence-corrected chi connectivity index (χ0v) is 14.5. The molecule has 0 spiro atoms. The summed E-state index contributed by atoms with van der Waals surface area (Å²) >= 11 is 0. The Kier molecular flexibility index (Phi) is 5.34. The Morgan fingerprint density at radius 1 is 1.32 bits per heavy atom. The van der Waals surface area contributed by atoms with Gasteiger partial charge in [-0.15, -0.1) is 12.4 Å². The van der Waals surface area contributed by atoms with Crippen LogP contribution >= 0.6 is 12.4 Å². The highest BCUT2D eigenvalue weighted by Gasteiger charge is 2.38. The van der Waals surface area contributed by atoms with Gasteiger partial charge in [0.1, 0.15) is 18.3 Å². The zero-order valence-electron chi connectivity index (χ0n) is 13.7. The van der Waals surface area contributed by atoms with E-state index in [1.807, 2.05) is 0 Å². The normalized spacial score (nSPS) is 25.1. The van der Waals surface area contributed by atoms with Crippen LogP contribution in [0.3, 0.4) is 0 Å². The minimum atomic E-state index is -0.452. The molecule has 8 heteroatoms. The van der Waals surface area contributed by atoms with Crippen LogP contribution in [0.4, 0.5) is 10.1 Å². The molecule has 1 aromatic carbocycles. The number of carbonyl (C=O) groups is 1. The molecule has 1 amide bonds. The molecule has 2 aromatic rings. The van der Waals surface area contributed by atoms with E-state index in [4.69, 9.17) is 0 Å². The van der Waals surface area contributed by atoms with E-state index in [1.54, 1.807) is 12.1 Å². The van der Waals surface area contributed by atoms with E-state index in [0.717, 1.165) is 12.8 Å². The monoisotopic (exact) mass is 365 g/mol. The average molecular weight is 366 g/mol. The minimum Gasteiger partial charge on any atom is -0.325 e. The van der Waals surface area contributed by atoms with Crippen molar-refractivity contribution in [2.75, 3.05) is 5.32 Å². The van der Waals surface area contributed by atoms with E-state index >= 15 is 0 Å². The Hall–Kier alpha value is -1.99. The Balaban J connectivity index is 0.00000182. The van der Waals surface area contributed by atoms with Crippen LogP contribution in [0, 0.1) is 11.7 Å². The highest BCUT2D eigenvalue weighted by molar-refractivity contribution is 5.95. The number of nitrogens with one attached hydrogen (secondary N) is 2. The molecule has 2 heterocycles. The van der Waals surface area contributed by atoms with Gasteiger partial charge in [0.25, 0.3) is 0 Å². The number of carbonyl (C=O) groups excluding carboxylic acids is 1. The molecule has 2 N–H and O–H groups in total. The first-order chi connectivity index (χ1) is 11.7. The van der Waals surface area contributed by atoms with Gasteiger partial charge in [0, 0.05) is 11.7 Å². The quantitative estimate of drug-likeness (QED) is 0.877. The predicted molar refractivity (Wildman–Crippen MR) is 94.5 cm³/mol. The highest BCUT2D eigenvalue weighted by Crippen LogP contribution is 2.33. The van der Waals surface area contributed by atoms with Gasteiger partial charge in [-0.25, -0.2) is 14.1 Å². The van der Waals surface area contributed by atoms with Gasteiger partial charge in [-0.3, -0.25) is 4.79 Å². The third-order valence-corrected chi connectivity index (χ3v) is 5.06. The second-order valence-corrected chi connectivity index (χ2v) is 6.60. The van der Waals surface area contributed by atoms with Crippen molar-refractivity contribution in [1.29, 1.82) is 0 Å². The fourth-order valence-corrected chi connectivity index (χ4v) is 3.85. The van der Waals surface area contributed by atoms with E-state index < -0.39 is 5.82 Å². The largest absolute Gasteiger partial charge is 0.325 e. The van der Waals surface area contributed by atoms with Crippen LogP contribution in [0.2, 0.25) is 0 Å². The van der Waals surface area contributed by atoms with E-state index in [2.05, 4.69) is 20.7 Å². The Morgan fingerprint density at radius 3 is 2.88 bits per heavy atom. The number of halogens is 2. The van der Waals surface area contributed by atoms with Gasteiger partial charge in [-0.05, 0) is 43.4 Å². The Morgan fingerprint density at radius 2 is 2.16 bits per heavy atom. The summed E-state index contributed by atoms with van der Waals surface area (Å²) in [6, 6.07) is 4.86. The molecular formula is C17H21ClFN5O. The maximum atomic E-state index is 14.2. The molecule has 2 aliphatic rings. The first-order valence-electron chi connectivity index (χ1n) is 8.42. The summed E-state index contributed by atoms with van der Waals surface area (Å²) in [7, 11) is 0. The zero-order chi connectivity index (χ0) is 16.5. The minimum absolute atomic E-state index is 0. The van der Waals surface area contributed by atoms with Gasteiger partial charge >= 0.3 is 0 Å². The van der Waals surface area contributed by atoms with Crippen LogP contribution in [0.5, 0.6) is 0 Å². The second kappa shape index (κ2) is 7.49. The average Bonchev–Trinajstić information content (AvgIpc) is 3.24. The van der Waals surface area contributed by atoms with Gasteiger partial charge < -0.3 is 10.6 Å². The highest BCUT2D eigenvalue weighted by atomic mass is 35.5. The van der Waals surface area contributed by atoms with Gasteiger partial charge in [-0.2, -0.15) is 5.10 Å². The molecule has 0 bridgehead atoms. The topological polar surface area (TPSA) is 71.8 Å². The number of aromatic nitrogens is 3. The van der Waals surface area contributed by atoms with E-state index in [-0.39, 0.29) is 24.4 Å². The lowest BCUT2D eigenvalue weighted by atomic mass is 9.85. The lowest BCUT2D eigenvalue weighted by Crippen LogP contribution is -2.39. The molecule has 2 fully saturated rings. The van der Waals surface area contributed by atoms with Gasteiger partial charge in [0.15, 0.2) is 5.82 Å². The predicted octanol–water partition coefficient (Wildman–Crippen LogP) is 2.69. The molecule has 1 aliphatic heterocycles. The summed E-state index contributed by atoms with van der Waals surface area (Å²) in [6.07, 6.45) is 8.49. The van der Waals surface area contributed by atoms with Gasteiger partial charge in [0.05, 0.1) is 6.04 Å². The molecule has 1 aliphatic carbocycles. The van der Waals surface area contributed by atoms with Crippen LogP contribution in [0.15, 0.2) is 30.9 Å². The molecular weight excluding hydrogens is 345 g/mol. The van der Waals surface area contributed by atoms with Crippen LogP contribution in [-0.4, -0.2) is 32.8 Å². The molecule has 6 nitrogen and oxygen atoms in total. The van der Waals surface area contributed by atoms with Crippen molar-refractivity contribution in [3.05, 3.63) is 36.7 Å². The SMILES string of the molecule is Cl.O=C(Nc1ccc(-n2cncn2)c(F)c1)C1CC2CCCCC2N1. The van der Waals surface area contributed by atoms with Crippen molar-refractivity contribution in [3.8, 4) is 5.69 Å². The standard InChI is InChI=1S/C17H20FN5O.ClH/c18-13-8-12(5-6-16(13)23-10-19-9-20-23)21-17(24)15-7-11-3-1-2-4-14(11)22-15;/h5-6,8-11,14-15,22H,1-4,7H2,(H,21,24);1H. The maximum absolute atomic E-state index is 14.2. The molecule has 25 heavy (non-hydrogen) atoms. The lowest BCUT2D eigenvalue weighted by Gasteiger charge is -2.24. The van der Waals surface area contributed by atoms with Crippen LogP contribution in [0.25, 0.3) is 5.69 Å². The number of nitrogens with zero attached hydrogens (tertiary/aromatic N) is 3. The van der Waals surface area contributed by atoms with Crippen molar-refractivity contribution in [2.24, 2.45) is 5.92 Å². The van der Waals surface area contributed by atoms with Crippen molar-refractivity contribution in [1.82, 2.24) is 20.1 Å². The number of fused-ring (bicyclic) bond motifs is 1. The van der Waals surface area contributed by atoms with Crippen molar-refractivity contribution in [2.45, 2.75) is 44.2 Å². The Bertz CT molecular complexity index is 725. The fourth-order valence-electron chi connectivity index (χ4n) is 3.85. The molecule has 134 valence electrons. The number of rotatable bonds is 3. The number of amides is 1. The van der Waals surface area contributed by atoms with Crippen LogP contribution in [0.1, 0.15) is 32.1 Å². The van der Waals surface area contributed by atoms with Crippen molar-refractivity contribution < 1.29 is 9.18 Å². The smallest absolute Gasteiger partial charge is 0.241 e. The first-order valence-corrected chi connectivity index (χ1v) is 8.42. The molecule has 1 saturated heterocycles. The van der Waals surface area contributed by atoms with E-state index in [1.165, 1.54) is 42.7 Å². The van der Waals surface area contributed by atoms with Crippen molar-refractivity contribution in [3.63, 3.8) is 0 Å². The third kappa shape index (κ3) is 3.67. The number of anilines is 1. The molecule has 1 aromatic heterocycles. The summed E-state index contributed by atoms with van der Waals surface area (Å²) in [5.74, 6) is 0.0598. The summed E-state index contributed by atoms with van der Waals surface area (Å²) in [5, 5.41) is 10.2. The first kappa shape index (κ1) is 17.8. The lowest BCUT2D eigenvalue weighted by molar-refractivity contribution is -0.117. The molecule has 1 saturated carbocycles. The van der Waals surface area contributed by atoms with Crippen LogP contribution < -0.4 is 10.6 Å². The maximum Gasteiger partial charge on any atom is 0.241 e. The number of hydrogen-bond acceptors (Lipinski definition) is 4. The van der Waals surface area contributed by atoms with E-state index in [9.17, 15) is 9.18 Å². The summed E-state index contributed by atoms with van der Waals surface area (Å²) < 4.78 is 15.6. The van der Waals surface area contributed by atoms with Gasteiger partial charge in [0.2, 0.25) is 5.91 Å². The second-order valence-electron chi connectivity index (χ2n) is 6.60. The Labute approximate surface area is 151 Å². The fraction of sp³-hybridized carbons (Fsp3) is 0.471. The molecule has 3 atom stereocenters. The third-order valence-electron chi connectivity index (χ3n) is 5.06.